The number of rotatable bonds is 3. The second-order valence-electron chi connectivity index (χ2n) is 4.78. The Balaban J connectivity index is 0. The summed E-state index contributed by atoms with van der Waals surface area (Å²) in [7, 11) is 0. The van der Waals surface area contributed by atoms with Crippen LogP contribution in [0.4, 0.5) is 0 Å². The summed E-state index contributed by atoms with van der Waals surface area (Å²) in [4.78, 5) is 23.8. The molecular formula is C17H21ClO8. The molecule has 0 radical (unpaired) electrons. The van der Waals surface area contributed by atoms with Crippen molar-refractivity contribution in [3.8, 4) is 17.2 Å². The number of benzene rings is 2. The Morgan fingerprint density at radius 3 is 2.04 bits per heavy atom. The fourth-order valence-corrected chi connectivity index (χ4v) is 2.20. The number of esters is 1. The Labute approximate surface area is 156 Å². The number of ketones is 1. The molecule has 26 heavy (non-hydrogen) atoms. The minimum absolute atomic E-state index is 0. The zero-order chi connectivity index (χ0) is 15.5. The summed E-state index contributed by atoms with van der Waals surface area (Å²) < 4.78 is 16.4. The molecule has 2 aromatic carbocycles. The minimum Gasteiger partial charge on any atom is -0.485 e. The topological polar surface area (TPSA) is 156 Å². The van der Waals surface area contributed by atoms with Crippen molar-refractivity contribution in [2.24, 2.45) is 0 Å². The molecule has 8 nitrogen and oxygen atoms in total. The molecule has 1 aliphatic heterocycles. The molecule has 0 fully saturated rings. The predicted molar refractivity (Wildman–Crippen MR) is 96.9 cm³/mol. The van der Waals surface area contributed by atoms with Crippen LogP contribution in [0.25, 0.3) is 0 Å². The average molecular weight is 389 g/mol. The van der Waals surface area contributed by atoms with Gasteiger partial charge in [-0.1, -0.05) is 18.2 Å². The fraction of sp³-hybridized carbons (Fsp3) is 0.176. The zero-order valence-electron chi connectivity index (χ0n) is 13.9. The second kappa shape index (κ2) is 11.1. The van der Waals surface area contributed by atoms with Crippen LogP contribution >= 0.6 is 12.4 Å². The van der Waals surface area contributed by atoms with Crippen LogP contribution in [0.1, 0.15) is 27.6 Å². The van der Waals surface area contributed by atoms with Gasteiger partial charge in [0.25, 0.3) is 0 Å². The van der Waals surface area contributed by atoms with Crippen molar-refractivity contribution in [1.82, 2.24) is 0 Å². The maximum atomic E-state index is 12.1. The first-order valence-corrected chi connectivity index (χ1v) is 6.87. The molecule has 0 unspecified atom stereocenters. The average Bonchev–Trinajstić information content (AvgIpc) is 2.55. The van der Waals surface area contributed by atoms with E-state index in [0.717, 1.165) is 0 Å². The van der Waals surface area contributed by atoms with Crippen molar-refractivity contribution in [2.75, 3.05) is 13.2 Å². The normalized spacial score (nSPS) is 10.7. The zero-order valence-corrected chi connectivity index (χ0v) is 14.7. The van der Waals surface area contributed by atoms with E-state index < -0.39 is 5.97 Å². The number of carbonyl (C=O) groups excluding carboxylic acids is 2. The Morgan fingerprint density at radius 2 is 1.46 bits per heavy atom. The van der Waals surface area contributed by atoms with Crippen molar-refractivity contribution in [1.29, 1.82) is 0 Å². The molecule has 3 rings (SSSR count). The number of halogens is 1. The molecule has 0 bridgehead atoms. The number of hydrogen-bond donors (Lipinski definition) is 0. The highest BCUT2D eigenvalue weighted by molar-refractivity contribution is 5.98. The van der Waals surface area contributed by atoms with Crippen LogP contribution in [-0.2, 0) is 0 Å². The Bertz CT molecular complexity index is 733. The number of fused-ring (bicyclic) bond motifs is 1. The van der Waals surface area contributed by atoms with Gasteiger partial charge in [0.05, 0.1) is 11.1 Å². The van der Waals surface area contributed by atoms with E-state index in [4.69, 9.17) is 14.2 Å². The smallest absolute Gasteiger partial charge is 0.343 e. The van der Waals surface area contributed by atoms with Gasteiger partial charge in [-0.15, -0.1) is 12.4 Å². The molecule has 1 aliphatic rings. The largest absolute Gasteiger partial charge is 0.485 e. The van der Waals surface area contributed by atoms with E-state index >= 15 is 0 Å². The van der Waals surface area contributed by atoms with Crippen molar-refractivity contribution in [3.05, 3.63) is 53.6 Å². The number of Topliss-reactive ketones (excluding diaryl/α,β-unsaturated/α-hetero) is 1. The molecule has 0 spiro atoms. The van der Waals surface area contributed by atoms with E-state index in [0.29, 0.717) is 35.8 Å². The van der Waals surface area contributed by atoms with Gasteiger partial charge in [0.2, 0.25) is 5.75 Å². The molecule has 6 N–H and O–H groups in total. The maximum absolute atomic E-state index is 12.1. The third-order valence-electron chi connectivity index (χ3n) is 3.24. The van der Waals surface area contributed by atoms with Crippen LogP contribution in [0.3, 0.4) is 0 Å². The van der Waals surface area contributed by atoms with Gasteiger partial charge >= 0.3 is 5.97 Å². The summed E-state index contributed by atoms with van der Waals surface area (Å²) in [5, 5.41) is 0. The van der Waals surface area contributed by atoms with Crippen LogP contribution in [-0.4, -0.2) is 41.4 Å². The first-order chi connectivity index (χ1) is 10.7. The SMILES string of the molecule is CC(=O)c1ccc(OC(=O)c2ccccc2)c2c1OCCO2.Cl.O.O.O. The summed E-state index contributed by atoms with van der Waals surface area (Å²) >= 11 is 0. The predicted octanol–water partition coefficient (Wildman–Crippen LogP) is 0.827. The number of ether oxygens (including phenoxy) is 3. The van der Waals surface area contributed by atoms with E-state index in [-0.39, 0.29) is 40.4 Å². The van der Waals surface area contributed by atoms with E-state index in [9.17, 15) is 9.59 Å². The number of hydrogen-bond acceptors (Lipinski definition) is 5. The third-order valence-corrected chi connectivity index (χ3v) is 3.24. The molecule has 1 heterocycles. The highest BCUT2D eigenvalue weighted by Crippen LogP contribution is 2.42. The standard InChI is InChI=1S/C17H14O5.ClH.3H2O/c1-11(18)13-7-8-14(16-15(13)20-9-10-21-16)22-17(19)12-5-3-2-4-6-12;;;;/h2-8H,9-10H2,1H3;1H;3*1H2. The summed E-state index contributed by atoms with van der Waals surface area (Å²) in [5.41, 5.74) is 0.845. The maximum Gasteiger partial charge on any atom is 0.343 e. The monoisotopic (exact) mass is 388 g/mol. The summed E-state index contributed by atoms with van der Waals surface area (Å²) in [6.45, 7) is 2.14. The first-order valence-electron chi connectivity index (χ1n) is 6.87. The van der Waals surface area contributed by atoms with Gasteiger partial charge in [0, 0.05) is 0 Å². The summed E-state index contributed by atoms with van der Waals surface area (Å²) in [5.74, 6) is 0.240. The highest BCUT2D eigenvalue weighted by atomic mass is 35.5. The molecule has 0 saturated heterocycles. The van der Waals surface area contributed by atoms with Crippen molar-refractivity contribution < 1.29 is 40.2 Å². The molecule has 0 aromatic heterocycles. The Morgan fingerprint density at radius 1 is 0.885 bits per heavy atom. The lowest BCUT2D eigenvalue weighted by Crippen LogP contribution is -2.19. The van der Waals surface area contributed by atoms with Crippen LogP contribution in [0.2, 0.25) is 0 Å². The lowest BCUT2D eigenvalue weighted by atomic mass is 10.1. The van der Waals surface area contributed by atoms with Gasteiger partial charge in [-0.05, 0) is 31.2 Å². The second-order valence-corrected chi connectivity index (χ2v) is 4.78. The Hall–Kier alpha value is -2.65. The van der Waals surface area contributed by atoms with Crippen molar-refractivity contribution >= 4 is 24.2 Å². The van der Waals surface area contributed by atoms with Crippen LogP contribution < -0.4 is 14.2 Å². The summed E-state index contributed by atoms with van der Waals surface area (Å²) in [6, 6.07) is 11.8. The van der Waals surface area contributed by atoms with Gasteiger partial charge in [-0.25, -0.2) is 4.79 Å². The lowest BCUT2D eigenvalue weighted by molar-refractivity contribution is 0.0721. The van der Waals surface area contributed by atoms with Crippen LogP contribution in [0, 0.1) is 0 Å². The van der Waals surface area contributed by atoms with Crippen molar-refractivity contribution in [2.45, 2.75) is 6.92 Å². The van der Waals surface area contributed by atoms with Gasteiger partial charge in [0.1, 0.15) is 13.2 Å². The molecule has 9 heteroatoms. The van der Waals surface area contributed by atoms with Gasteiger partial charge in [-0.2, -0.15) is 0 Å². The van der Waals surface area contributed by atoms with Gasteiger partial charge in [0.15, 0.2) is 17.3 Å². The van der Waals surface area contributed by atoms with Crippen molar-refractivity contribution in [3.63, 3.8) is 0 Å². The first kappa shape index (κ1) is 25.6. The minimum atomic E-state index is -0.493. The third kappa shape index (κ3) is 5.17. The van der Waals surface area contributed by atoms with E-state index in [1.807, 2.05) is 6.07 Å². The molecule has 0 amide bonds. The van der Waals surface area contributed by atoms with Crippen LogP contribution in [0.5, 0.6) is 17.2 Å². The van der Waals surface area contributed by atoms with Gasteiger partial charge < -0.3 is 30.6 Å². The molecule has 0 aliphatic carbocycles. The summed E-state index contributed by atoms with van der Waals surface area (Å²) in [6.07, 6.45) is 0. The molecular weight excluding hydrogens is 368 g/mol. The van der Waals surface area contributed by atoms with E-state index in [2.05, 4.69) is 0 Å². The van der Waals surface area contributed by atoms with E-state index in [1.165, 1.54) is 6.92 Å². The highest BCUT2D eigenvalue weighted by Gasteiger charge is 2.24. The lowest BCUT2D eigenvalue weighted by Gasteiger charge is -2.22. The fourth-order valence-electron chi connectivity index (χ4n) is 2.20. The molecule has 0 atom stereocenters. The van der Waals surface area contributed by atoms with Gasteiger partial charge in [-0.3, -0.25) is 4.79 Å². The van der Waals surface area contributed by atoms with Crippen LogP contribution in [0.15, 0.2) is 42.5 Å². The molecule has 144 valence electrons. The quantitative estimate of drug-likeness (QED) is 0.432. The molecule has 2 aromatic rings. The Kier molecular flexibility index (Phi) is 10.9. The number of carbonyl (C=O) groups is 2. The van der Waals surface area contributed by atoms with E-state index in [1.54, 1.807) is 36.4 Å². The molecule has 0 saturated carbocycles.